The van der Waals surface area contributed by atoms with Crippen LogP contribution in [0.3, 0.4) is 0 Å². The molecule has 0 bridgehead atoms. The van der Waals surface area contributed by atoms with Crippen LogP contribution in [0.5, 0.6) is 5.75 Å². The van der Waals surface area contributed by atoms with E-state index in [-0.39, 0.29) is 37.1 Å². The zero-order valence-electron chi connectivity index (χ0n) is 16.0. The number of aromatic nitrogens is 4. The molecule has 0 spiro atoms. The summed E-state index contributed by atoms with van der Waals surface area (Å²) in [6.45, 7) is 1.14. The number of anilines is 1. The summed E-state index contributed by atoms with van der Waals surface area (Å²) in [5, 5.41) is 9.58. The Kier molecular flexibility index (Phi) is 5.58. The minimum absolute atomic E-state index is 0.0587. The van der Waals surface area contributed by atoms with E-state index in [2.05, 4.69) is 15.0 Å². The first-order chi connectivity index (χ1) is 14.4. The van der Waals surface area contributed by atoms with E-state index in [1.807, 2.05) is 25.1 Å². The van der Waals surface area contributed by atoms with Crippen molar-refractivity contribution in [1.82, 2.24) is 19.5 Å². The molecular weight excluding hydrogens is 417 g/mol. The zero-order chi connectivity index (χ0) is 21.3. The Hall–Kier alpha value is -2.76. The molecule has 0 saturated carbocycles. The fraction of sp³-hybridized carbons (Fsp3) is 0.353. The summed E-state index contributed by atoms with van der Waals surface area (Å²) in [5.41, 5.74) is 7.00. The lowest BCUT2D eigenvalue weighted by atomic mass is 10.1. The molecular formula is C17H20N5O7P. The van der Waals surface area contributed by atoms with Crippen molar-refractivity contribution in [2.75, 3.05) is 18.9 Å². The Morgan fingerprint density at radius 1 is 1.47 bits per heavy atom. The monoisotopic (exact) mass is 437 g/mol. The van der Waals surface area contributed by atoms with Gasteiger partial charge in [-0.2, -0.15) is 4.98 Å². The lowest BCUT2D eigenvalue weighted by Crippen LogP contribution is -2.26. The number of H-pyrrole nitrogens is 1. The van der Waals surface area contributed by atoms with Gasteiger partial charge in [0.1, 0.15) is 18.6 Å². The average molecular weight is 437 g/mol. The number of fused-ring (bicyclic) bond motifs is 2. The fourth-order valence-corrected chi connectivity index (χ4v) is 4.20. The highest BCUT2D eigenvalue weighted by atomic mass is 31.2. The van der Waals surface area contributed by atoms with E-state index in [0.717, 1.165) is 11.1 Å². The van der Waals surface area contributed by atoms with Crippen molar-refractivity contribution in [2.45, 2.75) is 26.4 Å². The smallest absolute Gasteiger partial charge is 0.403 e. The molecule has 1 aliphatic heterocycles. The van der Waals surface area contributed by atoms with Gasteiger partial charge in [-0.1, -0.05) is 18.2 Å². The van der Waals surface area contributed by atoms with Crippen LogP contribution in [0.15, 0.2) is 29.3 Å². The minimum atomic E-state index is -3.86. The first-order valence-corrected chi connectivity index (χ1v) is 10.4. The highest BCUT2D eigenvalue weighted by Crippen LogP contribution is 2.55. The third-order valence-corrected chi connectivity index (χ3v) is 5.76. The second-order valence-electron chi connectivity index (χ2n) is 6.61. The van der Waals surface area contributed by atoms with Crippen molar-refractivity contribution in [1.29, 1.82) is 0 Å². The number of nitrogens with two attached hydrogens (primary N) is 1. The molecule has 3 aromatic rings. The summed E-state index contributed by atoms with van der Waals surface area (Å²) in [7, 11) is -3.86. The number of aromatic amines is 1. The lowest BCUT2D eigenvalue weighted by molar-refractivity contribution is -0.0496. The Morgan fingerprint density at radius 2 is 2.30 bits per heavy atom. The molecule has 12 nitrogen and oxygen atoms in total. The van der Waals surface area contributed by atoms with Gasteiger partial charge in [0.15, 0.2) is 11.2 Å². The molecule has 0 amide bonds. The molecule has 3 heterocycles. The van der Waals surface area contributed by atoms with Gasteiger partial charge in [-0.25, -0.2) is 9.55 Å². The number of aryl methyl sites for hydroxylation is 1. The van der Waals surface area contributed by atoms with Crippen LogP contribution < -0.4 is 15.8 Å². The van der Waals surface area contributed by atoms with Crippen molar-refractivity contribution in [2.24, 2.45) is 0 Å². The third-order valence-electron chi connectivity index (χ3n) is 4.44. The Balaban J connectivity index is 1.40. The van der Waals surface area contributed by atoms with Crippen LogP contribution in [0.2, 0.25) is 0 Å². The van der Waals surface area contributed by atoms with Gasteiger partial charge in [0.25, 0.3) is 5.56 Å². The number of nitrogens with one attached hydrogen (secondary N) is 1. The van der Waals surface area contributed by atoms with Gasteiger partial charge in [-0.05, 0) is 12.5 Å². The molecule has 0 aliphatic carbocycles. The summed E-state index contributed by atoms with van der Waals surface area (Å²) in [6, 6.07) is 5.49. The van der Waals surface area contributed by atoms with Crippen LogP contribution in [-0.2, 0) is 31.7 Å². The van der Waals surface area contributed by atoms with Crippen molar-refractivity contribution in [3.8, 4) is 5.75 Å². The van der Waals surface area contributed by atoms with Gasteiger partial charge < -0.3 is 20.1 Å². The molecule has 0 radical (unpaired) electrons. The van der Waals surface area contributed by atoms with Crippen LogP contribution in [0.25, 0.3) is 11.2 Å². The predicted molar refractivity (Wildman–Crippen MR) is 105 cm³/mol. The molecule has 4 rings (SSSR count). The largest absolute Gasteiger partial charge is 0.530 e. The van der Waals surface area contributed by atoms with Crippen LogP contribution in [0.4, 0.5) is 5.95 Å². The maximum atomic E-state index is 12.8. The number of ether oxygens (including phenoxy) is 1. The van der Waals surface area contributed by atoms with E-state index < -0.39 is 26.1 Å². The Morgan fingerprint density at radius 3 is 3.10 bits per heavy atom. The number of phosphoric ester groups is 1. The van der Waals surface area contributed by atoms with E-state index >= 15 is 0 Å². The second kappa shape index (κ2) is 8.17. The third kappa shape index (κ3) is 4.09. The minimum Gasteiger partial charge on any atom is -0.403 e. The zero-order valence-corrected chi connectivity index (χ0v) is 16.9. The molecule has 160 valence electrons. The summed E-state index contributed by atoms with van der Waals surface area (Å²) in [5.74, 6) is 0.406. The molecule has 1 aromatic carbocycles. The van der Waals surface area contributed by atoms with Crippen molar-refractivity contribution < 1.29 is 28.0 Å². The first-order valence-electron chi connectivity index (χ1n) is 8.99. The van der Waals surface area contributed by atoms with Gasteiger partial charge in [-0.3, -0.25) is 23.4 Å². The van der Waals surface area contributed by atoms with E-state index in [1.165, 1.54) is 10.9 Å². The van der Waals surface area contributed by atoms with Crippen LogP contribution in [0.1, 0.15) is 11.1 Å². The maximum absolute atomic E-state index is 12.8. The fourth-order valence-electron chi connectivity index (χ4n) is 2.89. The number of benzene rings is 1. The highest BCUT2D eigenvalue weighted by molar-refractivity contribution is 7.49. The molecule has 4 N–H and O–H groups in total. The molecule has 1 unspecified atom stereocenters. The molecule has 0 fully saturated rings. The lowest BCUT2D eigenvalue weighted by Gasteiger charge is -2.27. The van der Waals surface area contributed by atoms with Crippen molar-refractivity contribution in [3.63, 3.8) is 0 Å². The second-order valence-corrected chi connectivity index (χ2v) is 8.20. The Bertz CT molecular complexity index is 1180. The number of aliphatic hydroxyl groups is 1. The van der Waals surface area contributed by atoms with Gasteiger partial charge in [-0.15, -0.1) is 0 Å². The standard InChI is InChI=1S/C17H20N5O7P/c1-10-3-2-4-11-6-27-30(25,29-14(10)11)28-7-12(5-23)26-9-22-8-19-13-15(22)20-17(18)21-16(13)24/h2-4,8,12,23H,5-7,9H2,1H3,(H3,18,20,21,24)/t12?,30-/m0/s1. The SMILES string of the molecule is Cc1cccc2c1O[P@](=O)(OCC(CO)OCn1cnc3c(=O)[nH]c(N)nc31)OC2. The van der Waals surface area contributed by atoms with Crippen LogP contribution >= 0.6 is 7.82 Å². The van der Waals surface area contributed by atoms with E-state index in [9.17, 15) is 14.5 Å². The molecule has 0 saturated heterocycles. The number of hydrogen-bond acceptors (Lipinski definition) is 10. The summed E-state index contributed by atoms with van der Waals surface area (Å²) in [4.78, 5) is 22.2. The normalized spacial score (nSPS) is 19.4. The van der Waals surface area contributed by atoms with E-state index in [0.29, 0.717) is 5.75 Å². The summed E-state index contributed by atoms with van der Waals surface area (Å²) < 4.78 is 35.9. The van der Waals surface area contributed by atoms with Crippen LogP contribution in [-0.4, -0.2) is 43.9 Å². The average Bonchev–Trinajstić information content (AvgIpc) is 3.12. The Labute approximate surface area is 170 Å². The van der Waals surface area contributed by atoms with Crippen LogP contribution in [0, 0.1) is 6.92 Å². The number of phosphoric acid groups is 1. The molecule has 13 heteroatoms. The predicted octanol–water partition coefficient (Wildman–Crippen LogP) is 1.08. The number of hydrogen-bond donors (Lipinski definition) is 3. The number of para-hydroxylation sites is 1. The number of aliphatic hydroxyl groups excluding tert-OH is 1. The number of rotatable bonds is 7. The number of nitrogens with zero attached hydrogens (tertiary/aromatic N) is 3. The van der Waals surface area contributed by atoms with Gasteiger partial charge in [0.2, 0.25) is 5.95 Å². The molecule has 2 atom stereocenters. The topological polar surface area (TPSA) is 164 Å². The van der Waals surface area contributed by atoms with Gasteiger partial charge in [0.05, 0.1) is 26.1 Å². The molecule has 2 aromatic heterocycles. The van der Waals surface area contributed by atoms with Crippen molar-refractivity contribution >= 4 is 24.9 Å². The van der Waals surface area contributed by atoms with E-state index in [1.54, 1.807) is 0 Å². The van der Waals surface area contributed by atoms with Gasteiger partial charge >= 0.3 is 7.82 Å². The van der Waals surface area contributed by atoms with Gasteiger partial charge in [0, 0.05) is 5.56 Å². The maximum Gasteiger partial charge on any atom is 0.530 e. The summed E-state index contributed by atoms with van der Waals surface area (Å²) in [6.07, 6.45) is 0.509. The van der Waals surface area contributed by atoms with E-state index in [4.69, 9.17) is 24.0 Å². The molecule has 30 heavy (non-hydrogen) atoms. The summed E-state index contributed by atoms with van der Waals surface area (Å²) >= 11 is 0. The molecule has 1 aliphatic rings. The number of nitrogen functional groups attached to an aromatic ring is 1. The first kappa shape index (κ1) is 20.5. The quantitative estimate of drug-likeness (QED) is 0.456. The number of imidazole rings is 1. The van der Waals surface area contributed by atoms with Crippen molar-refractivity contribution in [3.05, 3.63) is 46.0 Å². The highest BCUT2D eigenvalue weighted by Gasteiger charge is 2.35.